The predicted molar refractivity (Wildman–Crippen MR) is 70.7 cm³/mol. The highest BCUT2D eigenvalue weighted by Gasteiger charge is 2.34. The van der Waals surface area contributed by atoms with Crippen LogP contribution in [0.15, 0.2) is 30.9 Å². The lowest BCUT2D eigenvalue weighted by molar-refractivity contribution is -0.137. The fraction of sp³-hybridized carbons (Fsp3) is 0.308. The fourth-order valence-electron chi connectivity index (χ4n) is 1.38. The summed E-state index contributed by atoms with van der Waals surface area (Å²) >= 11 is 5.54. The molecule has 0 aliphatic heterocycles. The van der Waals surface area contributed by atoms with Crippen molar-refractivity contribution in [2.75, 3.05) is 11.9 Å². The van der Waals surface area contributed by atoms with Crippen LogP contribution in [0.3, 0.4) is 0 Å². The number of benzene rings is 1. The molecule has 1 aromatic carbocycles. The van der Waals surface area contributed by atoms with Crippen LogP contribution in [0.1, 0.15) is 12.5 Å². The lowest BCUT2D eigenvalue weighted by Gasteiger charge is -2.16. The third kappa shape index (κ3) is 4.54. The lowest BCUT2D eigenvalue weighted by Crippen LogP contribution is -2.28. The summed E-state index contributed by atoms with van der Waals surface area (Å²) in [6.07, 6.45) is -4.07. The summed E-state index contributed by atoms with van der Waals surface area (Å²) in [4.78, 5) is 11.7. The number of nitrogens with one attached hydrogen (secondary N) is 1. The maximum Gasteiger partial charge on any atom is 0.418 e. The second-order valence-electron chi connectivity index (χ2n) is 3.94. The minimum Gasteiger partial charge on any atom is -0.365 e. The van der Waals surface area contributed by atoms with Crippen LogP contribution >= 0.6 is 11.6 Å². The molecule has 1 aromatic rings. The van der Waals surface area contributed by atoms with E-state index in [4.69, 9.17) is 16.3 Å². The SMILES string of the molecule is C=CCOC(C)C(=O)Nc1ccc(Cl)cc1C(F)(F)F. The van der Waals surface area contributed by atoms with Crippen LogP contribution in [0.4, 0.5) is 18.9 Å². The molecule has 0 saturated heterocycles. The summed E-state index contributed by atoms with van der Waals surface area (Å²) in [6, 6.07) is 3.12. The Morgan fingerprint density at radius 2 is 2.20 bits per heavy atom. The summed E-state index contributed by atoms with van der Waals surface area (Å²) in [5.74, 6) is -0.681. The molecule has 0 spiro atoms. The zero-order chi connectivity index (χ0) is 15.3. The Kier molecular flexibility index (Phi) is 5.59. The van der Waals surface area contributed by atoms with Crippen molar-refractivity contribution >= 4 is 23.2 Å². The first-order valence-corrected chi connectivity index (χ1v) is 6.03. The minimum absolute atomic E-state index is 0.0636. The molecule has 1 unspecified atom stereocenters. The van der Waals surface area contributed by atoms with Gasteiger partial charge in [-0.25, -0.2) is 0 Å². The molecular weight excluding hydrogens is 295 g/mol. The Morgan fingerprint density at radius 1 is 1.55 bits per heavy atom. The molecule has 0 fully saturated rings. The van der Waals surface area contributed by atoms with Gasteiger partial charge in [0.2, 0.25) is 0 Å². The molecule has 1 atom stereocenters. The maximum absolute atomic E-state index is 12.8. The van der Waals surface area contributed by atoms with Crippen LogP contribution in [0, 0.1) is 0 Å². The Bertz CT molecular complexity index is 503. The number of halogens is 4. The van der Waals surface area contributed by atoms with E-state index in [-0.39, 0.29) is 17.3 Å². The normalized spacial score (nSPS) is 12.8. The molecular formula is C13H13ClF3NO2. The van der Waals surface area contributed by atoms with E-state index < -0.39 is 23.8 Å². The van der Waals surface area contributed by atoms with E-state index in [0.29, 0.717) is 0 Å². The molecule has 0 saturated carbocycles. The van der Waals surface area contributed by atoms with E-state index in [9.17, 15) is 18.0 Å². The molecule has 0 heterocycles. The number of amides is 1. The largest absolute Gasteiger partial charge is 0.418 e. The number of anilines is 1. The third-order valence-electron chi connectivity index (χ3n) is 2.38. The van der Waals surface area contributed by atoms with Gasteiger partial charge >= 0.3 is 6.18 Å². The molecule has 0 bridgehead atoms. The highest BCUT2D eigenvalue weighted by atomic mass is 35.5. The van der Waals surface area contributed by atoms with Crippen LogP contribution in [0.5, 0.6) is 0 Å². The minimum atomic E-state index is -4.61. The van der Waals surface area contributed by atoms with Crippen molar-refractivity contribution in [3.63, 3.8) is 0 Å². The van der Waals surface area contributed by atoms with Crippen molar-refractivity contribution in [3.05, 3.63) is 41.4 Å². The van der Waals surface area contributed by atoms with Crippen molar-refractivity contribution in [2.24, 2.45) is 0 Å². The van der Waals surface area contributed by atoms with Gasteiger partial charge in [0.1, 0.15) is 6.10 Å². The monoisotopic (exact) mass is 307 g/mol. The second-order valence-corrected chi connectivity index (χ2v) is 4.38. The van der Waals surface area contributed by atoms with E-state index >= 15 is 0 Å². The predicted octanol–water partition coefficient (Wildman–Crippen LogP) is 3.89. The lowest BCUT2D eigenvalue weighted by atomic mass is 10.1. The van der Waals surface area contributed by atoms with Crippen molar-refractivity contribution in [3.8, 4) is 0 Å². The Hall–Kier alpha value is -1.53. The highest BCUT2D eigenvalue weighted by molar-refractivity contribution is 6.30. The number of rotatable bonds is 5. The van der Waals surface area contributed by atoms with E-state index in [1.54, 1.807) is 0 Å². The zero-order valence-electron chi connectivity index (χ0n) is 10.6. The van der Waals surface area contributed by atoms with E-state index in [1.807, 2.05) is 0 Å². The van der Waals surface area contributed by atoms with Gasteiger partial charge in [-0.05, 0) is 25.1 Å². The van der Waals surface area contributed by atoms with E-state index in [1.165, 1.54) is 19.1 Å². The molecule has 0 aliphatic rings. The van der Waals surface area contributed by atoms with Crippen molar-refractivity contribution in [1.29, 1.82) is 0 Å². The maximum atomic E-state index is 12.8. The van der Waals surface area contributed by atoms with Gasteiger partial charge in [-0.2, -0.15) is 13.2 Å². The van der Waals surface area contributed by atoms with Crippen LogP contribution in [-0.4, -0.2) is 18.6 Å². The standard InChI is InChI=1S/C13H13ClF3NO2/c1-3-6-20-8(2)12(19)18-11-5-4-9(14)7-10(11)13(15,16)17/h3-5,7-8H,1,6H2,2H3,(H,18,19). The number of hydrogen-bond acceptors (Lipinski definition) is 2. The molecule has 3 nitrogen and oxygen atoms in total. The van der Waals surface area contributed by atoms with Crippen molar-refractivity contribution in [2.45, 2.75) is 19.2 Å². The van der Waals surface area contributed by atoms with E-state index in [2.05, 4.69) is 11.9 Å². The first-order chi connectivity index (χ1) is 9.25. The van der Waals surface area contributed by atoms with Crippen LogP contribution in [0.25, 0.3) is 0 Å². The van der Waals surface area contributed by atoms with E-state index in [0.717, 1.165) is 12.1 Å². The van der Waals surface area contributed by atoms with Crippen LogP contribution in [0.2, 0.25) is 5.02 Å². The first-order valence-electron chi connectivity index (χ1n) is 5.65. The zero-order valence-corrected chi connectivity index (χ0v) is 11.4. The highest BCUT2D eigenvalue weighted by Crippen LogP contribution is 2.36. The van der Waals surface area contributed by atoms with Gasteiger partial charge in [-0.3, -0.25) is 4.79 Å². The summed E-state index contributed by atoms with van der Waals surface area (Å²) in [7, 11) is 0. The van der Waals surface area contributed by atoms with Crippen molar-refractivity contribution in [1.82, 2.24) is 0 Å². The second kappa shape index (κ2) is 6.76. The van der Waals surface area contributed by atoms with Gasteiger partial charge in [0.05, 0.1) is 17.9 Å². The Morgan fingerprint density at radius 3 is 2.75 bits per heavy atom. The number of ether oxygens (including phenoxy) is 1. The van der Waals surface area contributed by atoms with Crippen molar-refractivity contribution < 1.29 is 22.7 Å². The van der Waals surface area contributed by atoms with Crippen LogP contribution in [-0.2, 0) is 15.7 Å². The molecule has 110 valence electrons. The average Bonchev–Trinajstić information content (AvgIpc) is 2.36. The molecule has 20 heavy (non-hydrogen) atoms. The summed E-state index contributed by atoms with van der Waals surface area (Å²) < 4.78 is 43.5. The van der Waals surface area contributed by atoms with Gasteiger partial charge in [-0.15, -0.1) is 6.58 Å². The Balaban J connectivity index is 2.92. The smallest absolute Gasteiger partial charge is 0.365 e. The summed E-state index contributed by atoms with van der Waals surface area (Å²) in [5.41, 5.74) is -1.37. The molecule has 0 aromatic heterocycles. The van der Waals surface area contributed by atoms with Gasteiger partial charge in [-0.1, -0.05) is 17.7 Å². The topological polar surface area (TPSA) is 38.3 Å². The molecule has 1 rings (SSSR count). The van der Waals surface area contributed by atoms with Gasteiger partial charge in [0.25, 0.3) is 5.91 Å². The number of alkyl halides is 3. The quantitative estimate of drug-likeness (QED) is 0.838. The molecule has 7 heteroatoms. The Labute approximate surface area is 119 Å². The fourth-order valence-corrected chi connectivity index (χ4v) is 1.55. The molecule has 1 amide bonds. The summed E-state index contributed by atoms with van der Waals surface area (Å²) in [5, 5.41) is 2.11. The average molecular weight is 308 g/mol. The van der Waals surface area contributed by atoms with Gasteiger partial charge < -0.3 is 10.1 Å². The first kappa shape index (κ1) is 16.5. The number of carbonyl (C=O) groups is 1. The third-order valence-corrected chi connectivity index (χ3v) is 2.61. The number of carbonyl (C=O) groups excluding carboxylic acids is 1. The summed E-state index contributed by atoms with van der Waals surface area (Å²) in [6.45, 7) is 4.97. The molecule has 0 radical (unpaired) electrons. The molecule has 1 N–H and O–H groups in total. The van der Waals surface area contributed by atoms with Crippen LogP contribution < -0.4 is 5.32 Å². The molecule has 0 aliphatic carbocycles. The number of hydrogen-bond donors (Lipinski definition) is 1. The van der Waals surface area contributed by atoms with Gasteiger partial charge in [0.15, 0.2) is 0 Å². The van der Waals surface area contributed by atoms with Gasteiger partial charge in [0, 0.05) is 5.02 Å².